The van der Waals surface area contributed by atoms with E-state index in [1.165, 1.54) is 80.0 Å². The van der Waals surface area contributed by atoms with E-state index >= 15 is 0 Å². The number of furan rings is 1. The third kappa shape index (κ3) is 4.29. The van der Waals surface area contributed by atoms with E-state index in [4.69, 9.17) is 4.42 Å². The molecule has 0 amide bonds. The minimum absolute atomic E-state index is 0.948. The first kappa shape index (κ1) is 29.8. The van der Waals surface area contributed by atoms with Crippen molar-refractivity contribution in [2.45, 2.75) is 13.1 Å². The van der Waals surface area contributed by atoms with Crippen molar-refractivity contribution in [3.05, 3.63) is 164 Å². The van der Waals surface area contributed by atoms with E-state index in [1.54, 1.807) is 0 Å². The molecule has 4 heteroatoms. The van der Waals surface area contributed by atoms with Crippen molar-refractivity contribution in [3.8, 4) is 22.3 Å². The molecule has 0 radical (unpaired) electrons. The molecule has 2 aromatic heterocycles. The number of nitrogens with zero attached hydrogens (tertiary/aromatic N) is 1. The number of rotatable bonds is 4. The summed E-state index contributed by atoms with van der Waals surface area (Å²) in [4.78, 5) is 2.46. The summed E-state index contributed by atoms with van der Waals surface area (Å²) in [5, 5.41) is 10.4. The fraction of sp³-hybridized carbons (Fsp3) is 0.0417. The first-order valence-electron chi connectivity index (χ1n) is 17.9. The van der Waals surface area contributed by atoms with Crippen molar-refractivity contribution in [2.75, 3.05) is 4.90 Å². The van der Waals surface area contributed by atoms with Crippen molar-refractivity contribution in [3.63, 3.8) is 0 Å². The molecule has 11 rings (SSSR count). The third-order valence-corrected chi connectivity index (χ3v) is 15.9. The normalized spacial score (nSPS) is 13.3. The predicted octanol–water partition coefficient (Wildman–Crippen LogP) is 13.0. The Labute approximate surface area is 306 Å². The second kappa shape index (κ2) is 11.0. The van der Waals surface area contributed by atoms with Gasteiger partial charge in [-0.2, -0.15) is 0 Å². The van der Waals surface area contributed by atoms with Gasteiger partial charge in [-0.15, -0.1) is 11.3 Å². The average Bonchev–Trinajstić information content (AvgIpc) is 3.82. The van der Waals surface area contributed by atoms with Crippen LogP contribution in [0.5, 0.6) is 0 Å². The summed E-state index contributed by atoms with van der Waals surface area (Å²) in [6, 6.07) is 60.4. The number of benzene rings is 8. The summed E-state index contributed by atoms with van der Waals surface area (Å²) in [6.07, 6.45) is 0. The van der Waals surface area contributed by atoms with Crippen molar-refractivity contribution in [2.24, 2.45) is 0 Å². The largest absolute Gasteiger partial charge is 0.455 e. The lowest BCUT2D eigenvalue weighted by molar-refractivity contribution is 0.670. The molecule has 0 atom stereocenters. The Kier molecular flexibility index (Phi) is 6.31. The number of thiophene rings is 1. The van der Waals surface area contributed by atoms with Gasteiger partial charge in [0.1, 0.15) is 19.2 Å². The van der Waals surface area contributed by atoms with Gasteiger partial charge in [0.25, 0.3) is 0 Å². The molecule has 1 aliphatic rings. The molecule has 0 aliphatic carbocycles. The van der Waals surface area contributed by atoms with Crippen LogP contribution in [0.25, 0.3) is 75.1 Å². The molecule has 0 saturated carbocycles. The molecule has 8 aromatic carbocycles. The molecule has 3 heterocycles. The fourth-order valence-corrected chi connectivity index (χ4v) is 12.9. The average molecular weight is 700 g/mol. The molecule has 52 heavy (non-hydrogen) atoms. The zero-order chi connectivity index (χ0) is 34.6. The van der Waals surface area contributed by atoms with Crippen molar-refractivity contribution in [1.29, 1.82) is 0 Å². The van der Waals surface area contributed by atoms with Crippen LogP contribution in [-0.4, -0.2) is 8.07 Å². The second-order valence-corrected chi connectivity index (χ2v) is 19.9. The Morgan fingerprint density at radius 2 is 1.19 bits per heavy atom. The van der Waals surface area contributed by atoms with E-state index in [-0.39, 0.29) is 0 Å². The highest BCUT2D eigenvalue weighted by atomic mass is 32.1. The van der Waals surface area contributed by atoms with E-state index in [0.717, 1.165) is 22.5 Å². The highest BCUT2D eigenvalue weighted by Crippen LogP contribution is 2.44. The van der Waals surface area contributed by atoms with Crippen molar-refractivity contribution in [1.82, 2.24) is 0 Å². The maximum absolute atomic E-state index is 6.63. The summed E-state index contributed by atoms with van der Waals surface area (Å²) >= 11 is 1.86. The number of anilines is 3. The molecule has 0 fully saturated rings. The van der Waals surface area contributed by atoms with Gasteiger partial charge in [-0.05, 0) is 92.4 Å². The van der Waals surface area contributed by atoms with E-state index in [1.807, 2.05) is 11.3 Å². The third-order valence-electron chi connectivity index (χ3n) is 11.2. The quantitative estimate of drug-likeness (QED) is 0.170. The number of fused-ring (bicyclic) bond motifs is 11. The van der Waals surface area contributed by atoms with Crippen LogP contribution in [0.3, 0.4) is 0 Å². The van der Waals surface area contributed by atoms with E-state index in [9.17, 15) is 0 Å². The molecule has 246 valence electrons. The van der Waals surface area contributed by atoms with Crippen LogP contribution >= 0.6 is 11.3 Å². The highest BCUT2D eigenvalue weighted by Gasteiger charge is 2.40. The van der Waals surface area contributed by atoms with Gasteiger partial charge in [0.05, 0.1) is 0 Å². The second-order valence-electron chi connectivity index (χ2n) is 14.5. The molecule has 1 aliphatic heterocycles. The Bertz CT molecular complexity index is 3070. The molecular weight excluding hydrogens is 667 g/mol. The Morgan fingerprint density at radius 1 is 0.481 bits per heavy atom. The van der Waals surface area contributed by atoms with Gasteiger partial charge in [0, 0.05) is 53.6 Å². The lowest BCUT2D eigenvalue weighted by atomic mass is 9.97. The van der Waals surface area contributed by atoms with Gasteiger partial charge < -0.3 is 9.32 Å². The van der Waals surface area contributed by atoms with Crippen LogP contribution in [0.1, 0.15) is 0 Å². The fourth-order valence-electron chi connectivity index (χ4n) is 8.72. The monoisotopic (exact) mass is 699 g/mol. The smallest absolute Gasteiger partial charge is 0.143 e. The lowest BCUT2D eigenvalue weighted by Gasteiger charge is -2.28. The van der Waals surface area contributed by atoms with Crippen LogP contribution < -0.4 is 15.3 Å². The summed E-state index contributed by atoms with van der Waals surface area (Å²) in [6.45, 7) is 4.98. The maximum atomic E-state index is 6.63. The summed E-state index contributed by atoms with van der Waals surface area (Å²) in [5.41, 5.74) is 10.5. The summed E-state index contributed by atoms with van der Waals surface area (Å²) in [7, 11) is -2.08. The Balaban J connectivity index is 1.13. The summed E-state index contributed by atoms with van der Waals surface area (Å²) in [5.74, 6) is 0. The predicted molar refractivity (Wildman–Crippen MR) is 226 cm³/mol. The van der Waals surface area contributed by atoms with Gasteiger partial charge in [0.15, 0.2) is 0 Å². The number of hydrogen-bond acceptors (Lipinski definition) is 3. The molecule has 0 saturated heterocycles. The van der Waals surface area contributed by atoms with Crippen LogP contribution in [0.2, 0.25) is 13.1 Å². The molecule has 0 bridgehead atoms. The van der Waals surface area contributed by atoms with E-state index in [0.29, 0.717) is 0 Å². The molecule has 0 spiro atoms. The summed E-state index contributed by atoms with van der Waals surface area (Å²) < 4.78 is 9.25. The van der Waals surface area contributed by atoms with Crippen molar-refractivity contribution < 1.29 is 4.42 Å². The highest BCUT2D eigenvalue weighted by molar-refractivity contribution is 7.25. The standard InChI is InChI=1S/C48H33NOSSi/c1-52(2)45-26-24-39-37-16-5-7-19-42(37)50-48(39)47(45)40-23-21-34(29-46(40)52)49(33-22-25-44-41(28-33)38-17-6-8-20-43(38)51-44)32-14-9-13-31(27-32)36-18-10-12-30-11-3-4-15-35(30)36/h3-29H,1-2H3. The Morgan fingerprint density at radius 3 is 2.12 bits per heavy atom. The van der Waals surface area contributed by atoms with Crippen LogP contribution in [0, 0.1) is 0 Å². The maximum Gasteiger partial charge on any atom is 0.143 e. The SMILES string of the molecule is C[Si]1(C)c2cc(N(c3cccc(-c4cccc5ccccc45)c3)c3ccc4sc5ccccc5c4c3)ccc2-c2c1ccc1c2oc2ccccc21. The molecule has 10 aromatic rings. The van der Waals surface area contributed by atoms with Crippen molar-refractivity contribution >= 4 is 99.7 Å². The van der Waals surface area contributed by atoms with Gasteiger partial charge in [-0.1, -0.05) is 122 Å². The van der Waals surface area contributed by atoms with Crippen LogP contribution in [0.4, 0.5) is 17.1 Å². The van der Waals surface area contributed by atoms with Crippen LogP contribution in [-0.2, 0) is 0 Å². The molecular formula is C48H33NOSSi. The zero-order valence-corrected chi connectivity index (χ0v) is 30.7. The molecule has 2 nitrogen and oxygen atoms in total. The van der Waals surface area contributed by atoms with E-state index in [2.05, 4.69) is 182 Å². The number of hydrogen-bond donors (Lipinski definition) is 0. The Hall–Kier alpha value is -5.94. The first-order chi connectivity index (χ1) is 25.5. The minimum atomic E-state index is -2.08. The molecule has 0 N–H and O–H groups in total. The first-order valence-corrected chi connectivity index (χ1v) is 21.7. The topological polar surface area (TPSA) is 16.4 Å². The van der Waals surface area contributed by atoms with Gasteiger partial charge in [-0.25, -0.2) is 0 Å². The lowest BCUT2D eigenvalue weighted by Crippen LogP contribution is -2.49. The van der Waals surface area contributed by atoms with Crippen LogP contribution in [0.15, 0.2) is 168 Å². The van der Waals surface area contributed by atoms with Gasteiger partial charge in [0.2, 0.25) is 0 Å². The van der Waals surface area contributed by atoms with E-state index < -0.39 is 8.07 Å². The number of para-hydroxylation sites is 1. The van der Waals surface area contributed by atoms with Gasteiger partial charge in [-0.3, -0.25) is 0 Å². The minimum Gasteiger partial charge on any atom is -0.455 e. The zero-order valence-electron chi connectivity index (χ0n) is 28.9. The van der Waals surface area contributed by atoms with Gasteiger partial charge >= 0.3 is 0 Å². The molecule has 0 unspecified atom stereocenters.